The molecule has 88 valence electrons. The number of hydrogen-bond acceptors (Lipinski definition) is 4. The number of carbonyl (C=O) groups excluding carboxylic acids is 1. The second-order valence-corrected chi connectivity index (χ2v) is 4.56. The van der Waals surface area contributed by atoms with Crippen molar-refractivity contribution in [3.8, 4) is 0 Å². The number of carbonyl (C=O) groups is 1. The third kappa shape index (κ3) is 2.65. The van der Waals surface area contributed by atoms with Crippen molar-refractivity contribution in [2.45, 2.75) is 6.92 Å². The second-order valence-electron chi connectivity index (χ2n) is 3.28. The maximum atomic E-state index is 11.8. The maximum Gasteiger partial charge on any atom is 0.294 e. The van der Waals surface area contributed by atoms with Crippen molar-refractivity contribution in [2.75, 3.05) is 5.32 Å². The lowest BCUT2D eigenvalue weighted by Gasteiger charge is -2.05. The Hall–Kier alpha value is -1.40. The summed E-state index contributed by atoms with van der Waals surface area (Å²) in [5.41, 5.74) is 1.06. The van der Waals surface area contributed by atoms with Crippen LogP contribution in [0.2, 0.25) is 5.15 Å². The van der Waals surface area contributed by atoms with Crippen LogP contribution in [0.5, 0.6) is 0 Å². The molecular weight excluding hydrogens is 309 g/mol. The summed E-state index contributed by atoms with van der Waals surface area (Å²) in [5, 5.41) is 6.33. The van der Waals surface area contributed by atoms with Crippen molar-refractivity contribution >= 4 is 39.1 Å². The van der Waals surface area contributed by atoms with Gasteiger partial charge in [-0.25, -0.2) is 4.98 Å². The number of nitrogens with one attached hydrogen (secondary N) is 1. The predicted molar refractivity (Wildman–Crippen MR) is 66.1 cm³/mol. The molecule has 0 aliphatic rings. The Morgan fingerprint density at radius 3 is 2.94 bits per heavy atom. The summed E-state index contributed by atoms with van der Waals surface area (Å²) in [5.74, 6) is -0.261. The van der Waals surface area contributed by atoms with E-state index < -0.39 is 5.91 Å². The van der Waals surface area contributed by atoms with Crippen LogP contribution in [0.4, 0.5) is 5.69 Å². The average Bonchev–Trinajstić information content (AvgIpc) is 2.70. The smallest absolute Gasteiger partial charge is 0.294 e. The molecule has 0 unspecified atom stereocenters. The Kier molecular flexibility index (Phi) is 3.44. The third-order valence-electron chi connectivity index (χ3n) is 2.01. The van der Waals surface area contributed by atoms with Crippen LogP contribution in [0.1, 0.15) is 16.1 Å². The van der Waals surface area contributed by atoms with E-state index in [1.165, 1.54) is 12.4 Å². The zero-order valence-corrected chi connectivity index (χ0v) is 11.0. The summed E-state index contributed by atoms with van der Waals surface area (Å²) < 4.78 is 5.55. The lowest BCUT2D eigenvalue weighted by molar-refractivity contribution is 0.0987. The number of nitrogens with zero attached hydrogens (tertiary/aromatic N) is 2. The molecule has 1 amide bonds. The standard InChI is InChI=1S/C10H7BrClN3O2/c1-5-3-14-17-8(5)10(16)15-7-2-6(11)4-13-9(7)12/h2-4H,1H3,(H,15,16). The first-order valence-corrected chi connectivity index (χ1v) is 5.78. The van der Waals surface area contributed by atoms with E-state index in [0.29, 0.717) is 15.7 Å². The zero-order chi connectivity index (χ0) is 12.4. The quantitative estimate of drug-likeness (QED) is 0.865. The second kappa shape index (κ2) is 4.85. The SMILES string of the molecule is Cc1cnoc1C(=O)Nc1cc(Br)cnc1Cl. The van der Waals surface area contributed by atoms with Crippen molar-refractivity contribution in [3.63, 3.8) is 0 Å². The zero-order valence-electron chi connectivity index (χ0n) is 8.70. The highest BCUT2D eigenvalue weighted by Crippen LogP contribution is 2.23. The van der Waals surface area contributed by atoms with E-state index in [2.05, 4.69) is 31.4 Å². The predicted octanol–water partition coefficient (Wildman–Crippen LogP) is 3.05. The number of pyridine rings is 1. The van der Waals surface area contributed by atoms with Gasteiger partial charge in [0.2, 0.25) is 5.76 Å². The molecule has 0 aliphatic carbocycles. The van der Waals surface area contributed by atoms with E-state index in [0.717, 1.165) is 0 Å². The first kappa shape index (κ1) is 12.1. The molecule has 17 heavy (non-hydrogen) atoms. The Bertz CT molecular complexity index is 570. The van der Waals surface area contributed by atoms with E-state index in [4.69, 9.17) is 16.1 Å². The highest BCUT2D eigenvalue weighted by molar-refractivity contribution is 9.10. The van der Waals surface area contributed by atoms with Crippen molar-refractivity contribution in [1.29, 1.82) is 0 Å². The molecule has 1 N–H and O–H groups in total. The molecule has 0 aromatic carbocycles. The molecule has 0 radical (unpaired) electrons. The fraction of sp³-hybridized carbons (Fsp3) is 0.100. The summed E-state index contributed by atoms with van der Waals surface area (Å²) in [6.45, 7) is 1.73. The van der Waals surface area contributed by atoms with Crippen molar-refractivity contribution < 1.29 is 9.32 Å². The number of hydrogen-bond donors (Lipinski definition) is 1. The molecule has 5 nitrogen and oxygen atoms in total. The third-order valence-corrected chi connectivity index (χ3v) is 2.74. The van der Waals surface area contributed by atoms with Gasteiger partial charge in [-0.3, -0.25) is 4.79 Å². The number of halogens is 2. The Morgan fingerprint density at radius 1 is 1.53 bits per heavy atom. The summed E-state index contributed by atoms with van der Waals surface area (Å²) in [4.78, 5) is 15.7. The summed E-state index contributed by atoms with van der Waals surface area (Å²) in [6, 6.07) is 1.65. The topological polar surface area (TPSA) is 68.0 Å². The van der Waals surface area contributed by atoms with Crippen LogP contribution >= 0.6 is 27.5 Å². The van der Waals surface area contributed by atoms with E-state index in [-0.39, 0.29) is 10.9 Å². The largest absolute Gasteiger partial charge is 0.351 e. The van der Waals surface area contributed by atoms with Gasteiger partial charge in [-0.1, -0.05) is 16.8 Å². The number of anilines is 1. The minimum atomic E-state index is -0.415. The number of aromatic nitrogens is 2. The fourth-order valence-corrected chi connectivity index (χ4v) is 1.68. The van der Waals surface area contributed by atoms with Gasteiger partial charge in [-0.2, -0.15) is 0 Å². The molecule has 0 atom stereocenters. The van der Waals surface area contributed by atoms with Crippen LogP contribution in [0.15, 0.2) is 27.5 Å². The van der Waals surface area contributed by atoms with Gasteiger partial charge in [0, 0.05) is 16.2 Å². The van der Waals surface area contributed by atoms with E-state index in [1.54, 1.807) is 13.0 Å². The molecule has 0 fully saturated rings. The van der Waals surface area contributed by atoms with Crippen LogP contribution in [-0.4, -0.2) is 16.0 Å². The highest BCUT2D eigenvalue weighted by Gasteiger charge is 2.15. The van der Waals surface area contributed by atoms with E-state index in [9.17, 15) is 4.79 Å². The first-order valence-electron chi connectivity index (χ1n) is 4.61. The summed E-state index contributed by atoms with van der Waals surface area (Å²) in [6.07, 6.45) is 3.01. The minimum Gasteiger partial charge on any atom is -0.351 e. The number of aryl methyl sites for hydroxylation is 1. The monoisotopic (exact) mass is 315 g/mol. The van der Waals surface area contributed by atoms with Crippen LogP contribution in [0, 0.1) is 6.92 Å². The lowest BCUT2D eigenvalue weighted by atomic mass is 10.3. The molecule has 0 spiro atoms. The molecule has 2 aromatic rings. The van der Waals surface area contributed by atoms with Crippen molar-refractivity contribution in [1.82, 2.24) is 10.1 Å². The van der Waals surface area contributed by atoms with Gasteiger partial charge >= 0.3 is 0 Å². The molecular formula is C10H7BrClN3O2. The Morgan fingerprint density at radius 2 is 2.29 bits per heavy atom. The van der Waals surface area contributed by atoms with Gasteiger partial charge in [0.25, 0.3) is 5.91 Å². The van der Waals surface area contributed by atoms with Gasteiger partial charge < -0.3 is 9.84 Å². The molecule has 0 bridgehead atoms. The van der Waals surface area contributed by atoms with Gasteiger partial charge in [0.15, 0.2) is 5.15 Å². The molecule has 2 aromatic heterocycles. The summed E-state index contributed by atoms with van der Waals surface area (Å²) in [7, 11) is 0. The average molecular weight is 317 g/mol. The van der Waals surface area contributed by atoms with Crippen molar-refractivity contribution in [2.24, 2.45) is 0 Å². The van der Waals surface area contributed by atoms with E-state index in [1.807, 2.05) is 0 Å². The van der Waals surface area contributed by atoms with Gasteiger partial charge in [0.1, 0.15) is 0 Å². The lowest BCUT2D eigenvalue weighted by Crippen LogP contribution is -2.12. The minimum absolute atomic E-state index is 0.154. The number of amides is 1. The van der Waals surface area contributed by atoms with Crippen LogP contribution < -0.4 is 5.32 Å². The van der Waals surface area contributed by atoms with E-state index >= 15 is 0 Å². The van der Waals surface area contributed by atoms with Crippen LogP contribution in [0.3, 0.4) is 0 Å². The molecule has 2 rings (SSSR count). The summed E-state index contributed by atoms with van der Waals surface area (Å²) >= 11 is 9.09. The maximum absolute atomic E-state index is 11.8. The Labute approximate surface area is 110 Å². The van der Waals surface area contributed by atoms with Crippen molar-refractivity contribution in [3.05, 3.63) is 39.4 Å². The molecule has 2 heterocycles. The van der Waals surface area contributed by atoms with Crippen LogP contribution in [-0.2, 0) is 0 Å². The molecule has 0 saturated heterocycles. The fourth-order valence-electron chi connectivity index (χ4n) is 1.20. The highest BCUT2D eigenvalue weighted by atomic mass is 79.9. The first-order chi connectivity index (χ1) is 8.08. The van der Waals surface area contributed by atoms with Gasteiger partial charge in [-0.05, 0) is 28.9 Å². The molecule has 7 heteroatoms. The van der Waals surface area contributed by atoms with Gasteiger partial charge in [0.05, 0.1) is 11.9 Å². The van der Waals surface area contributed by atoms with Crippen LogP contribution in [0.25, 0.3) is 0 Å². The molecule has 0 aliphatic heterocycles. The molecule has 0 saturated carbocycles. The Balaban J connectivity index is 2.24. The number of rotatable bonds is 2. The van der Waals surface area contributed by atoms with Gasteiger partial charge in [-0.15, -0.1) is 0 Å². The normalized spacial score (nSPS) is 10.3.